The number of rotatable bonds is 5. The van der Waals surface area contributed by atoms with Gasteiger partial charge in [0.05, 0.1) is 29.1 Å². The largest absolute Gasteiger partial charge is 0.478 e. The molecule has 1 saturated heterocycles. The number of nitrogens with zero attached hydrogens (tertiary/aromatic N) is 2. The number of halogens is 4. The summed E-state index contributed by atoms with van der Waals surface area (Å²) >= 11 is 0. The van der Waals surface area contributed by atoms with Gasteiger partial charge in [0, 0.05) is 12.3 Å². The highest BCUT2D eigenvalue weighted by Gasteiger charge is 2.39. The van der Waals surface area contributed by atoms with Crippen LogP contribution < -0.4 is 4.74 Å². The number of pyridine rings is 1. The van der Waals surface area contributed by atoms with E-state index in [0.29, 0.717) is 12.1 Å². The van der Waals surface area contributed by atoms with E-state index in [1.54, 1.807) is 0 Å². The predicted octanol–water partition coefficient (Wildman–Crippen LogP) is 2.39. The molecule has 0 amide bonds. The Morgan fingerprint density at radius 3 is 2.50 bits per heavy atom. The summed E-state index contributed by atoms with van der Waals surface area (Å²) in [6.07, 6.45) is -4.37. The first-order valence-electron chi connectivity index (χ1n) is 7.71. The summed E-state index contributed by atoms with van der Waals surface area (Å²) < 4.78 is 82.6. The molecule has 2 heterocycles. The van der Waals surface area contributed by atoms with Crippen LogP contribution in [0.1, 0.15) is 15.9 Å². The molecular weight excluding hydrogens is 408 g/mol. The van der Waals surface area contributed by atoms with Gasteiger partial charge in [-0.1, -0.05) is 0 Å². The number of aromatic carboxylic acids is 1. The Hall–Kier alpha value is -2.73. The lowest BCUT2D eigenvalue weighted by molar-refractivity contribution is -0.137. The van der Waals surface area contributed by atoms with E-state index in [9.17, 15) is 30.8 Å². The average Bonchev–Trinajstić information content (AvgIpc) is 2.57. The van der Waals surface area contributed by atoms with Crippen molar-refractivity contribution in [3.63, 3.8) is 0 Å². The second-order valence-electron chi connectivity index (χ2n) is 5.89. The van der Waals surface area contributed by atoms with Gasteiger partial charge in [-0.15, -0.1) is 0 Å². The number of hydrogen-bond acceptors (Lipinski definition) is 5. The van der Waals surface area contributed by atoms with Crippen LogP contribution in [0.4, 0.5) is 17.6 Å². The van der Waals surface area contributed by atoms with Crippen molar-refractivity contribution in [2.45, 2.75) is 17.2 Å². The topological polar surface area (TPSA) is 96.8 Å². The van der Waals surface area contributed by atoms with Crippen molar-refractivity contribution in [2.24, 2.45) is 0 Å². The number of carboxylic acid groups (broad SMARTS) is 1. The molecule has 0 spiro atoms. The Bertz CT molecular complexity index is 1020. The Labute approximate surface area is 156 Å². The van der Waals surface area contributed by atoms with E-state index < -0.39 is 50.1 Å². The molecule has 1 fully saturated rings. The fourth-order valence-electron chi connectivity index (χ4n) is 2.47. The highest BCUT2D eigenvalue weighted by molar-refractivity contribution is 7.89. The van der Waals surface area contributed by atoms with Gasteiger partial charge in [0.15, 0.2) is 0 Å². The third kappa shape index (κ3) is 3.92. The lowest BCUT2D eigenvalue weighted by Gasteiger charge is -2.37. The summed E-state index contributed by atoms with van der Waals surface area (Å²) in [6.45, 7) is -0.361. The zero-order valence-corrected chi connectivity index (χ0v) is 14.7. The van der Waals surface area contributed by atoms with E-state index in [1.165, 1.54) is 0 Å². The molecule has 1 aliphatic heterocycles. The van der Waals surface area contributed by atoms with Crippen LogP contribution in [0.25, 0.3) is 0 Å². The Kier molecular flexibility index (Phi) is 5.02. The van der Waals surface area contributed by atoms with Crippen LogP contribution >= 0.6 is 0 Å². The molecule has 7 nitrogen and oxygen atoms in total. The van der Waals surface area contributed by atoms with E-state index >= 15 is 0 Å². The standard InChI is InChI=1S/C16H12F4N2O5S/c17-13-2-1-11(6-12(13)15(23)24)28(25,26)22-7-10(8-22)27-14-5-9(3-4-21-14)16(18,19)20/h1-6,10H,7-8H2,(H,23,24). The van der Waals surface area contributed by atoms with Crippen LogP contribution in [-0.4, -0.2) is 48.0 Å². The number of sulfonamides is 1. The average molecular weight is 420 g/mol. The lowest BCUT2D eigenvalue weighted by Crippen LogP contribution is -2.56. The van der Waals surface area contributed by atoms with Crippen molar-refractivity contribution in [1.29, 1.82) is 0 Å². The first-order chi connectivity index (χ1) is 13.0. The van der Waals surface area contributed by atoms with Crippen LogP contribution in [0, 0.1) is 5.82 Å². The number of carboxylic acids is 1. The summed E-state index contributed by atoms with van der Waals surface area (Å²) in [5.74, 6) is -2.99. The van der Waals surface area contributed by atoms with Crippen LogP contribution in [0.5, 0.6) is 5.88 Å². The summed E-state index contributed by atoms with van der Waals surface area (Å²) in [5, 5.41) is 8.90. The van der Waals surface area contributed by atoms with Gasteiger partial charge in [-0.3, -0.25) is 0 Å². The van der Waals surface area contributed by atoms with Gasteiger partial charge >= 0.3 is 12.1 Å². The number of carbonyl (C=O) groups is 1. The maximum absolute atomic E-state index is 13.4. The van der Waals surface area contributed by atoms with Gasteiger partial charge in [-0.25, -0.2) is 22.6 Å². The van der Waals surface area contributed by atoms with Crippen molar-refractivity contribution < 1.29 is 40.6 Å². The maximum Gasteiger partial charge on any atom is 0.416 e. The van der Waals surface area contributed by atoms with E-state index in [0.717, 1.165) is 28.7 Å². The molecule has 0 radical (unpaired) electrons. The minimum Gasteiger partial charge on any atom is -0.478 e. The molecule has 0 aliphatic carbocycles. The normalized spacial score (nSPS) is 15.9. The zero-order chi connectivity index (χ0) is 20.7. The number of benzene rings is 1. The van der Waals surface area contributed by atoms with Crippen molar-refractivity contribution >= 4 is 16.0 Å². The molecule has 3 rings (SSSR count). The minimum absolute atomic E-state index is 0.181. The summed E-state index contributed by atoms with van der Waals surface area (Å²) in [5.41, 5.74) is -1.74. The van der Waals surface area contributed by atoms with Crippen LogP contribution in [-0.2, 0) is 16.2 Å². The number of aromatic nitrogens is 1. The van der Waals surface area contributed by atoms with Gasteiger partial charge in [-0.05, 0) is 24.3 Å². The fraction of sp³-hybridized carbons (Fsp3) is 0.250. The van der Waals surface area contributed by atoms with Crippen molar-refractivity contribution in [3.8, 4) is 5.88 Å². The van der Waals surface area contributed by atoms with Gasteiger partial charge in [0.25, 0.3) is 0 Å². The number of hydrogen-bond donors (Lipinski definition) is 1. The van der Waals surface area contributed by atoms with Crippen molar-refractivity contribution in [3.05, 3.63) is 53.5 Å². The molecular formula is C16H12F4N2O5S. The predicted molar refractivity (Wildman–Crippen MR) is 85.8 cm³/mol. The first kappa shape index (κ1) is 20.0. The monoisotopic (exact) mass is 420 g/mol. The smallest absolute Gasteiger partial charge is 0.416 e. The van der Waals surface area contributed by atoms with Crippen LogP contribution in [0.2, 0.25) is 0 Å². The molecule has 150 valence electrons. The third-order valence-electron chi connectivity index (χ3n) is 3.97. The highest BCUT2D eigenvalue weighted by atomic mass is 32.2. The SMILES string of the molecule is O=C(O)c1cc(S(=O)(=O)N2CC(Oc3cc(C(F)(F)F)ccn3)C2)ccc1F. The molecule has 0 bridgehead atoms. The maximum atomic E-state index is 13.4. The molecule has 0 unspecified atom stereocenters. The van der Waals surface area contributed by atoms with Crippen molar-refractivity contribution in [1.82, 2.24) is 9.29 Å². The molecule has 28 heavy (non-hydrogen) atoms. The highest BCUT2D eigenvalue weighted by Crippen LogP contribution is 2.31. The Morgan fingerprint density at radius 2 is 1.89 bits per heavy atom. The molecule has 1 aromatic carbocycles. The molecule has 1 aliphatic rings. The number of ether oxygens (including phenoxy) is 1. The van der Waals surface area contributed by atoms with Gasteiger partial charge in [-0.2, -0.15) is 17.5 Å². The van der Waals surface area contributed by atoms with E-state index in [4.69, 9.17) is 9.84 Å². The summed E-state index contributed by atoms with van der Waals surface area (Å²) in [7, 11) is -4.11. The first-order valence-corrected chi connectivity index (χ1v) is 9.15. The second kappa shape index (κ2) is 7.02. The Balaban J connectivity index is 1.69. The fourth-order valence-corrected chi connectivity index (χ4v) is 4.00. The van der Waals surface area contributed by atoms with Gasteiger partial charge in [0.2, 0.25) is 15.9 Å². The third-order valence-corrected chi connectivity index (χ3v) is 5.80. The van der Waals surface area contributed by atoms with Gasteiger partial charge in [0.1, 0.15) is 11.9 Å². The lowest BCUT2D eigenvalue weighted by atomic mass is 10.2. The van der Waals surface area contributed by atoms with E-state index in [1.807, 2.05) is 0 Å². The van der Waals surface area contributed by atoms with E-state index in [2.05, 4.69) is 4.98 Å². The second-order valence-corrected chi connectivity index (χ2v) is 7.83. The molecule has 1 aromatic heterocycles. The Morgan fingerprint density at radius 1 is 1.21 bits per heavy atom. The quantitative estimate of drug-likeness (QED) is 0.747. The van der Waals surface area contributed by atoms with Crippen molar-refractivity contribution in [2.75, 3.05) is 13.1 Å². The van der Waals surface area contributed by atoms with E-state index in [-0.39, 0.29) is 19.0 Å². The summed E-state index contributed by atoms with van der Waals surface area (Å²) in [4.78, 5) is 14.2. The molecule has 2 aromatic rings. The van der Waals surface area contributed by atoms with Gasteiger partial charge < -0.3 is 9.84 Å². The molecule has 12 heteroatoms. The minimum atomic E-state index is -4.57. The zero-order valence-electron chi connectivity index (χ0n) is 13.9. The van der Waals surface area contributed by atoms with Crippen LogP contribution in [0.3, 0.4) is 0 Å². The van der Waals surface area contributed by atoms with Crippen LogP contribution in [0.15, 0.2) is 41.4 Å². The molecule has 1 N–H and O–H groups in total. The summed E-state index contributed by atoms with van der Waals surface area (Å²) in [6, 6.07) is 3.85. The number of alkyl halides is 3. The molecule has 0 saturated carbocycles. The molecule has 0 atom stereocenters.